The van der Waals surface area contributed by atoms with Crippen LogP contribution in [0.5, 0.6) is 0 Å². The van der Waals surface area contributed by atoms with E-state index in [1.807, 2.05) is 0 Å². The molecule has 0 spiro atoms. The second-order valence-corrected chi connectivity index (χ2v) is 8.07. The van der Waals surface area contributed by atoms with Gasteiger partial charge in [0, 0.05) is 31.9 Å². The molecule has 1 heterocycles. The highest BCUT2D eigenvalue weighted by molar-refractivity contribution is 7.80. The van der Waals surface area contributed by atoms with Crippen molar-refractivity contribution < 1.29 is 9.53 Å². The molecule has 0 bridgehead atoms. The molecule has 0 aliphatic carbocycles. The van der Waals surface area contributed by atoms with Crippen LogP contribution in [-0.4, -0.2) is 54.4 Å². The zero-order chi connectivity index (χ0) is 21.5. The smallest absolute Gasteiger partial charge is 0.409 e. The topological polar surface area (TPSA) is 32.8 Å². The maximum Gasteiger partial charge on any atom is 0.409 e. The molecule has 1 fully saturated rings. The number of nitrogens with zero attached hydrogens (tertiary/aromatic N) is 2. The summed E-state index contributed by atoms with van der Waals surface area (Å²) in [5.74, 6) is 0.533. The Hall–Kier alpha value is -2.76. The third kappa shape index (κ3) is 4.34. The summed E-state index contributed by atoms with van der Waals surface area (Å²) in [5, 5.41) is 0. The molecule has 31 heavy (non-hydrogen) atoms. The largest absolute Gasteiger partial charge is 0.449 e. The van der Waals surface area contributed by atoms with Crippen molar-refractivity contribution in [2.45, 2.75) is 5.54 Å². The van der Waals surface area contributed by atoms with Gasteiger partial charge in [-0.15, -0.1) is 0 Å². The number of thiol groups is 1. The lowest BCUT2D eigenvalue weighted by molar-refractivity contribution is 0.0545. The number of amides is 1. The van der Waals surface area contributed by atoms with Crippen LogP contribution in [0.15, 0.2) is 91.0 Å². The van der Waals surface area contributed by atoms with Gasteiger partial charge in [-0.1, -0.05) is 91.0 Å². The first-order valence-corrected chi connectivity index (χ1v) is 11.3. The van der Waals surface area contributed by atoms with Crippen LogP contribution in [0.2, 0.25) is 0 Å². The van der Waals surface area contributed by atoms with Crippen LogP contribution in [0.25, 0.3) is 0 Å². The molecule has 4 rings (SSSR count). The Bertz CT molecular complexity index is 862. The Morgan fingerprint density at radius 2 is 1.16 bits per heavy atom. The minimum absolute atomic E-state index is 0.251. The molecule has 0 radical (unpaired) electrons. The minimum atomic E-state index is -0.440. The van der Waals surface area contributed by atoms with Gasteiger partial charge < -0.3 is 9.64 Å². The first-order chi connectivity index (χ1) is 15.3. The summed E-state index contributed by atoms with van der Waals surface area (Å²) in [6.07, 6.45) is -0.251. The van der Waals surface area contributed by atoms with E-state index >= 15 is 0 Å². The predicted molar refractivity (Wildman–Crippen MR) is 128 cm³/mol. The summed E-state index contributed by atoms with van der Waals surface area (Å²) in [5.41, 5.74) is 3.22. The van der Waals surface area contributed by atoms with E-state index in [1.54, 1.807) is 4.90 Å². The van der Waals surface area contributed by atoms with Gasteiger partial charge in [-0.3, -0.25) is 4.90 Å². The van der Waals surface area contributed by atoms with Gasteiger partial charge in [-0.05, 0) is 16.7 Å². The molecule has 0 aromatic heterocycles. The fourth-order valence-corrected chi connectivity index (χ4v) is 4.63. The second-order valence-electron chi connectivity index (χ2n) is 7.62. The van der Waals surface area contributed by atoms with Gasteiger partial charge in [-0.25, -0.2) is 4.79 Å². The summed E-state index contributed by atoms with van der Waals surface area (Å²) in [6.45, 7) is 3.08. The highest BCUT2D eigenvalue weighted by Gasteiger charge is 2.43. The van der Waals surface area contributed by atoms with E-state index < -0.39 is 5.54 Å². The van der Waals surface area contributed by atoms with E-state index in [0.29, 0.717) is 25.4 Å². The van der Waals surface area contributed by atoms with Gasteiger partial charge in [0.2, 0.25) is 0 Å². The quantitative estimate of drug-likeness (QED) is 0.454. The van der Waals surface area contributed by atoms with Gasteiger partial charge in [0.05, 0.1) is 5.54 Å². The first-order valence-electron chi connectivity index (χ1n) is 10.7. The molecule has 0 unspecified atom stereocenters. The fraction of sp³-hybridized carbons (Fsp3) is 0.269. The molecule has 0 atom stereocenters. The van der Waals surface area contributed by atoms with Crippen LogP contribution < -0.4 is 0 Å². The molecule has 0 N–H and O–H groups in total. The lowest BCUT2D eigenvalue weighted by Gasteiger charge is -2.48. The van der Waals surface area contributed by atoms with Crippen LogP contribution in [0.4, 0.5) is 4.79 Å². The number of carbonyl (C=O) groups is 1. The lowest BCUT2D eigenvalue weighted by Crippen LogP contribution is -2.57. The normalized spacial score (nSPS) is 14.9. The lowest BCUT2D eigenvalue weighted by atomic mass is 9.75. The van der Waals surface area contributed by atoms with Crippen molar-refractivity contribution in [2.24, 2.45) is 0 Å². The van der Waals surface area contributed by atoms with Crippen molar-refractivity contribution in [3.05, 3.63) is 108 Å². The average Bonchev–Trinajstić information content (AvgIpc) is 2.85. The number of hydrogen-bond donors (Lipinski definition) is 1. The highest BCUT2D eigenvalue weighted by Crippen LogP contribution is 2.42. The van der Waals surface area contributed by atoms with Crippen LogP contribution in [0, 0.1) is 0 Å². The van der Waals surface area contributed by atoms with E-state index in [0.717, 1.165) is 13.1 Å². The minimum Gasteiger partial charge on any atom is -0.449 e. The maximum absolute atomic E-state index is 12.4. The van der Waals surface area contributed by atoms with Crippen molar-refractivity contribution in [2.75, 3.05) is 38.5 Å². The van der Waals surface area contributed by atoms with Crippen LogP contribution in [0.1, 0.15) is 16.7 Å². The van der Waals surface area contributed by atoms with E-state index in [4.69, 9.17) is 4.74 Å². The molecule has 1 aliphatic heterocycles. The van der Waals surface area contributed by atoms with E-state index in [9.17, 15) is 4.79 Å². The maximum atomic E-state index is 12.4. The van der Waals surface area contributed by atoms with E-state index in [-0.39, 0.29) is 6.09 Å². The SMILES string of the molecule is O=C(OCCS)N1CCN(C(c2ccccc2)(c2ccccc2)c2ccccc2)CC1. The van der Waals surface area contributed by atoms with Gasteiger partial charge in [0.15, 0.2) is 0 Å². The van der Waals surface area contributed by atoms with Crippen LogP contribution >= 0.6 is 12.6 Å². The average molecular weight is 433 g/mol. The summed E-state index contributed by atoms with van der Waals surface area (Å²) in [6, 6.07) is 32.0. The predicted octanol–water partition coefficient (Wildman–Crippen LogP) is 4.66. The van der Waals surface area contributed by atoms with Crippen molar-refractivity contribution in [1.82, 2.24) is 9.80 Å². The van der Waals surface area contributed by atoms with Gasteiger partial charge in [0.25, 0.3) is 0 Å². The second kappa shape index (κ2) is 10.0. The van der Waals surface area contributed by atoms with Gasteiger partial charge in [0.1, 0.15) is 6.61 Å². The molecular formula is C26H28N2O2S. The number of carbonyl (C=O) groups excluding carboxylic acids is 1. The molecule has 160 valence electrons. The third-order valence-electron chi connectivity index (χ3n) is 5.90. The third-order valence-corrected chi connectivity index (χ3v) is 6.09. The summed E-state index contributed by atoms with van der Waals surface area (Å²) < 4.78 is 5.30. The van der Waals surface area contributed by atoms with Crippen molar-refractivity contribution in [3.63, 3.8) is 0 Å². The zero-order valence-corrected chi connectivity index (χ0v) is 18.5. The Labute approximate surface area is 189 Å². The highest BCUT2D eigenvalue weighted by atomic mass is 32.1. The Morgan fingerprint density at radius 3 is 1.55 bits per heavy atom. The summed E-state index contributed by atoms with van der Waals surface area (Å²) in [7, 11) is 0. The standard InChI is InChI=1S/C26H28N2O2S/c29-25(30-20-21-31)27-16-18-28(19-17-27)26(22-10-4-1-5-11-22,23-12-6-2-7-13-23)24-14-8-3-9-15-24/h1-15,31H,16-21H2. The number of rotatable bonds is 6. The molecule has 1 amide bonds. The summed E-state index contributed by atoms with van der Waals surface area (Å²) in [4.78, 5) is 16.7. The van der Waals surface area contributed by atoms with Gasteiger partial charge >= 0.3 is 6.09 Å². The van der Waals surface area contributed by atoms with E-state index in [1.165, 1.54) is 16.7 Å². The number of hydrogen-bond acceptors (Lipinski definition) is 4. The van der Waals surface area contributed by atoms with Crippen molar-refractivity contribution >= 4 is 18.7 Å². The van der Waals surface area contributed by atoms with Crippen LogP contribution in [0.3, 0.4) is 0 Å². The molecular weight excluding hydrogens is 404 g/mol. The molecule has 4 nitrogen and oxygen atoms in total. The zero-order valence-electron chi connectivity index (χ0n) is 17.6. The molecule has 3 aromatic carbocycles. The molecule has 1 saturated heterocycles. The number of benzene rings is 3. The molecule has 0 saturated carbocycles. The Balaban J connectivity index is 1.76. The Morgan fingerprint density at radius 1 is 0.742 bits per heavy atom. The Kier molecular flexibility index (Phi) is 6.95. The molecule has 1 aliphatic rings. The molecule has 5 heteroatoms. The van der Waals surface area contributed by atoms with Crippen molar-refractivity contribution in [1.29, 1.82) is 0 Å². The molecule has 3 aromatic rings. The number of piperazine rings is 1. The number of ether oxygens (including phenoxy) is 1. The first kappa shape index (κ1) is 21.5. The van der Waals surface area contributed by atoms with Gasteiger partial charge in [-0.2, -0.15) is 12.6 Å². The summed E-state index contributed by atoms with van der Waals surface area (Å²) >= 11 is 4.13. The fourth-order valence-electron chi connectivity index (χ4n) is 4.53. The van der Waals surface area contributed by atoms with Crippen LogP contribution in [-0.2, 0) is 10.3 Å². The van der Waals surface area contributed by atoms with Crippen molar-refractivity contribution in [3.8, 4) is 0 Å². The monoisotopic (exact) mass is 432 g/mol. The van der Waals surface area contributed by atoms with E-state index in [2.05, 4.69) is 109 Å².